The second-order valence-corrected chi connectivity index (χ2v) is 8.01. The first-order valence-electron chi connectivity index (χ1n) is 10.2. The van der Waals surface area contributed by atoms with E-state index in [0.29, 0.717) is 26.2 Å². The number of benzene rings is 1. The Morgan fingerprint density at radius 1 is 1.09 bits per heavy atom. The van der Waals surface area contributed by atoms with E-state index in [1.165, 1.54) is 9.80 Å². The molecule has 3 heterocycles. The fourth-order valence-corrected chi connectivity index (χ4v) is 4.10. The van der Waals surface area contributed by atoms with Crippen molar-refractivity contribution in [1.82, 2.24) is 9.88 Å². The van der Waals surface area contributed by atoms with Crippen LogP contribution in [0, 0.1) is 25.5 Å². The number of ether oxygens (including phenoxy) is 1. The maximum atomic E-state index is 14.8. The van der Waals surface area contributed by atoms with E-state index in [0.717, 1.165) is 29.1 Å². The Balaban J connectivity index is 0.00000289. The maximum absolute atomic E-state index is 14.8. The molecule has 2 aliphatic heterocycles. The minimum Gasteiger partial charge on any atom is -0.447 e. The van der Waals surface area contributed by atoms with Crippen LogP contribution in [0.2, 0.25) is 0 Å². The van der Waals surface area contributed by atoms with Crippen LogP contribution in [0.4, 0.5) is 25.1 Å². The first kappa shape index (κ1) is 23.7. The zero-order valence-electron chi connectivity index (χ0n) is 18.1. The molecule has 0 N–H and O–H groups in total. The van der Waals surface area contributed by atoms with Gasteiger partial charge in [-0.05, 0) is 44.0 Å². The van der Waals surface area contributed by atoms with Gasteiger partial charge < -0.3 is 14.5 Å². The molecule has 1 aromatic carbocycles. The minimum atomic E-state index is -0.995. The quantitative estimate of drug-likeness (QED) is 0.690. The van der Waals surface area contributed by atoms with E-state index in [9.17, 15) is 18.4 Å². The third-order valence-corrected chi connectivity index (χ3v) is 5.66. The molecule has 2 aliphatic rings. The van der Waals surface area contributed by atoms with Crippen molar-refractivity contribution < 1.29 is 23.1 Å². The number of halogens is 3. The lowest BCUT2D eigenvalue weighted by Gasteiger charge is -2.36. The van der Waals surface area contributed by atoms with Crippen LogP contribution in [0.5, 0.6) is 0 Å². The van der Waals surface area contributed by atoms with Gasteiger partial charge in [-0.1, -0.05) is 6.07 Å². The molecule has 32 heavy (non-hydrogen) atoms. The van der Waals surface area contributed by atoms with Crippen LogP contribution in [0.15, 0.2) is 24.4 Å². The maximum Gasteiger partial charge on any atom is 0.414 e. The van der Waals surface area contributed by atoms with Crippen LogP contribution in [0.3, 0.4) is 0 Å². The van der Waals surface area contributed by atoms with Crippen LogP contribution in [0.25, 0.3) is 0 Å². The highest BCUT2D eigenvalue weighted by atomic mass is 35.5. The molecule has 0 radical (unpaired) electrons. The van der Waals surface area contributed by atoms with Gasteiger partial charge in [-0.3, -0.25) is 9.69 Å². The molecule has 0 aliphatic carbocycles. The second-order valence-electron chi connectivity index (χ2n) is 8.01. The van der Waals surface area contributed by atoms with Crippen molar-refractivity contribution in [3.63, 3.8) is 0 Å². The Morgan fingerprint density at radius 2 is 1.72 bits per heavy atom. The van der Waals surface area contributed by atoms with E-state index in [2.05, 4.69) is 9.88 Å². The smallest absolute Gasteiger partial charge is 0.414 e. The van der Waals surface area contributed by atoms with Crippen molar-refractivity contribution >= 4 is 35.9 Å². The van der Waals surface area contributed by atoms with E-state index in [-0.39, 0.29) is 30.7 Å². The van der Waals surface area contributed by atoms with Gasteiger partial charge in [0.15, 0.2) is 0 Å². The molecule has 10 heteroatoms. The molecule has 2 saturated heterocycles. The van der Waals surface area contributed by atoms with Gasteiger partial charge >= 0.3 is 6.09 Å². The number of nitrogens with zero attached hydrogens (tertiary/aromatic N) is 4. The topological polar surface area (TPSA) is 66.0 Å². The molecule has 2 amide bonds. The van der Waals surface area contributed by atoms with E-state index >= 15 is 0 Å². The number of amides is 2. The standard InChI is InChI=1S/C22H24F2N4O3.ClH/c1-13-8-14(2)20(25-11-13)26-4-6-27(7-5-26)21(29)19-17(23)9-16(10-18(19)24)28-15(3)12-31-22(28)30;/h8-11,15H,4-7,12H2,1-3H3;1H. The number of hydrogen-bond acceptors (Lipinski definition) is 5. The summed E-state index contributed by atoms with van der Waals surface area (Å²) in [7, 11) is 0. The Labute approximate surface area is 191 Å². The number of aromatic nitrogens is 1. The molecule has 1 atom stereocenters. The first-order chi connectivity index (χ1) is 14.8. The lowest BCUT2D eigenvalue weighted by Crippen LogP contribution is -2.49. The van der Waals surface area contributed by atoms with Crippen molar-refractivity contribution in [2.45, 2.75) is 26.8 Å². The number of pyridine rings is 1. The van der Waals surface area contributed by atoms with Gasteiger partial charge in [0, 0.05) is 32.4 Å². The monoisotopic (exact) mass is 466 g/mol. The van der Waals surface area contributed by atoms with E-state index in [1.807, 2.05) is 19.9 Å². The van der Waals surface area contributed by atoms with Gasteiger partial charge in [-0.2, -0.15) is 0 Å². The molecule has 0 bridgehead atoms. The molecular formula is C22H25ClF2N4O3. The predicted octanol–water partition coefficient (Wildman–Crippen LogP) is 3.71. The van der Waals surface area contributed by atoms with Crippen LogP contribution < -0.4 is 9.80 Å². The fourth-order valence-electron chi connectivity index (χ4n) is 4.10. The molecule has 0 spiro atoms. The van der Waals surface area contributed by atoms with Gasteiger partial charge in [0.25, 0.3) is 5.91 Å². The van der Waals surface area contributed by atoms with Crippen molar-refractivity contribution in [1.29, 1.82) is 0 Å². The summed E-state index contributed by atoms with van der Waals surface area (Å²) in [6, 6.07) is 3.72. The second kappa shape index (κ2) is 9.28. The molecule has 172 valence electrons. The summed E-state index contributed by atoms with van der Waals surface area (Å²) < 4.78 is 34.4. The van der Waals surface area contributed by atoms with E-state index in [1.54, 1.807) is 13.1 Å². The third kappa shape index (κ3) is 4.34. The molecule has 2 fully saturated rings. The summed E-state index contributed by atoms with van der Waals surface area (Å²) in [5, 5.41) is 0. The molecule has 0 saturated carbocycles. The van der Waals surface area contributed by atoms with Gasteiger partial charge in [0.1, 0.15) is 29.6 Å². The number of anilines is 2. The number of carbonyl (C=O) groups is 2. The van der Waals surface area contributed by atoms with Crippen molar-refractivity contribution in [2.24, 2.45) is 0 Å². The predicted molar refractivity (Wildman–Crippen MR) is 119 cm³/mol. The summed E-state index contributed by atoms with van der Waals surface area (Å²) in [5.74, 6) is -1.84. The van der Waals surface area contributed by atoms with Crippen molar-refractivity contribution in [3.05, 3.63) is 52.7 Å². The minimum absolute atomic E-state index is 0. The highest BCUT2D eigenvalue weighted by Crippen LogP contribution is 2.28. The van der Waals surface area contributed by atoms with Crippen LogP contribution in [0.1, 0.15) is 28.4 Å². The number of hydrogen-bond donors (Lipinski definition) is 0. The highest BCUT2D eigenvalue weighted by molar-refractivity contribution is 5.96. The Hall–Kier alpha value is -2.94. The molecule has 1 aromatic heterocycles. The highest BCUT2D eigenvalue weighted by Gasteiger charge is 2.34. The largest absolute Gasteiger partial charge is 0.447 e. The van der Waals surface area contributed by atoms with Crippen LogP contribution >= 0.6 is 12.4 Å². The third-order valence-electron chi connectivity index (χ3n) is 5.66. The molecule has 7 nitrogen and oxygen atoms in total. The van der Waals surface area contributed by atoms with Crippen LogP contribution in [-0.4, -0.2) is 60.7 Å². The number of rotatable bonds is 3. The average molecular weight is 467 g/mol. The fraction of sp³-hybridized carbons (Fsp3) is 0.409. The van der Waals surface area contributed by atoms with E-state index in [4.69, 9.17) is 4.74 Å². The van der Waals surface area contributed by atoms with Crippen molar-refractivity contribution in [2.75, 3.05) is 42.6 Å². The first-order valence-corrected chi connectivity index (χ1v) is 10.2. The van der Waals surface area contributed by atoms with Gasteiger partial charge in [-0.15, -0.1) is 12.4 Å². The number of cyclic esters (lactones) is 1. The van der Waals surface area contributed by atoms with Crippen molar-refractivity contribution in [3.8, 4) is 0 Å². The Kier molecular flexibility index (Phi) is 6.88. The van der Waals surface area contributed by atoms with Crippen LogP contribution in [-0.2, 0) is 4.74 Å². The summed E-state index contributed by atoms with van der Waals surface area (Å²) in [5.41, 5.74) is 1.54. The van der Waals surface area contributed by atoms with Gasteiger partial charge in [0.2, 0.25) is 0 Å². The SMILES string of the molecule is Cc1cnc(N2CCN(C(=O)c3c(F)cc(N4C(=O)OCC4C)cc3F)CC2)c(C)c1.Cl. The number of piperazine rings is 1. The lowest BCUT2D eigenvalue weighted by atomic mass is 10.1. The van der Waals surface area contributed by atoms with Gasteiger partial charge in [-0.25, -0.2) is 18.6 Å². The molecule has 1 unspecified atom stereocenters. The zero-order chi connectivity index (χ0) is 22.3. The lowest BCUT2D eigenvalue weighted by molar-refractivity contribution is 0.0736. The summed E-state index contributed by atoms with van der Waals surface area (Å²) >= 11 is 0. The number of aryl methyl sites for hydroxylation is 2. The number of carbonyl (C=O) groups excluding carboxylic acids is 2. The van der Waals surface area contributed by atoms with E-state index < -0.39 is 29.2 Å². The summed E-state index contributed by atoms with van der Waals surface area (Å²) in [6.45, 7) is 7.49. The zero-order valence-corrected chi connectivity index (χ0v) is 18.9. The summed E-state index contributed by atoms with van der Waals surface area (Å²) in [4.78, 5) is 33.9. The average Bonchev–Trinajstić information content (AvgIpc) is 3.05. The molecule has 2 aromatic rings. The summed E-state index contributed by atoms with van der Waals surface area (Å²) in [6.07, 6.45) is 1.13. The normalized spacial score (nSPS) is 18.5. The Morgan fingerprint density at radius 3 is 2.25 bits per heavy atom. The Bertz CT molecular complexity index is 1020. The van der Waals surface area contributed by atoms with Gasteiger partial charge in [0.05, 0.1) is 11.7 Å². The molecular weight excluding hydrogens is 442 g/mol. The molecule has 4 rings (SSSR count).